The van der Waals surface area contributed by atoms with Crippen molar-refractivity contribution in [3.63, 3.8) is 0 Å². The molecule has 2 rings (SSSR count). The number of amides is 2. The smallest absolute Gasteiger partial charge is 0.320 e. The standard InChI is InChI=1S/C13H22N2O5/c1-9-8-20-11(7-16)6-15(9)13(19)14-4-2-3-10(5-14)12(17)18/h9-11,16H,2-8H2,1H3,(H,17,18). The largest absolute Gasteiger partial charge is 0.481 e. The molecule has 0 aliphatic carbocycles. The Hall–Kier alpha value is -1.34. The fourth-order valence-electron chi connectivity index (χ4n) is 2.73. The van der Waals surface area contributed by atoms with Crippen LogP contribution in [-0.4, -0.2) is 77.0 Å². The lowest BCUT2D eigenvalue weighted by molar-refractivity contribution is -0.143. The first-order valence-corrected chi connectivity index (χ1v) is 7.03. The van der Waals surface area contributed by atoms with Gasteiger partial charge in [0.15, 0.2) is 0 Å². The van der Waals surface area contributed by atoms with E-state index in [0.717, 1.165) is 0 Å². The first-order valence-electron chi connectivity index (χ1n) is 7.03. The van der Waals surface area contributed by atoms with Crippen molar-refractivity contribution >= 4 is 12.0 Å². The zero-order chi connectivity index (χ0) is 14.7. The summed E-state index contributed by atoms with van der Waals surface area (Å²) in [6, 6.07) is -0.208. The fourth-order valence-corrected chi connectivity index (χ4v) is 2.73. The molecule has 0 aromatic heterocycles. The second-order valence-corrected chi connectivity index (χ2v) is 5.55. The molecule has 0 radical (unpaired) electrons. The normalized spacial score (nSPS) is 31.2. The molecule has 7 nitrogen and oxygen atoms in total. The van der Waals surface area contributed by atoms with Gasteiger partial charge in [-0.25, -0.2) is 4.79 Å². The minimum atomic E-state index is -0.842. The summed E-state index contributed by atoms with van der Waals surface area (Å²) in [5.41, 5.74) is 0. The number of aliphatic hydroxyl groups excluding tert-OH is 1. The van der Waals surface area contributed by atoms with Crippen LogP contribution in [0.2, 0.25) is 0 Å². The van der Waals surface area contributed by atoms with Crippen molar-refractivity contribution in [1.82, 2.24) is 9.80 Å². The van der Waals surface area contributed by atoms with E-state index in [0.29, 0.717) is 32.5 Å². The third-order valence-electron chi connectivity index (χ3n) is 4.00. The van der Waals surface area contributed by atoms with E-state index in [2.05, 4.69) is 0 Å². The number of likely N-dealkylation sites (tertiary alicyclic amines) is 1. The third-order valence-corrected chi connectivity index (χ3v) is 4.00. The Morgan fingerprint density at radius 1 is 1.35 bits per heavy atom. The first-order chi connectivity index (χ1) is 9.52. The molecule has 2 heterocycles. The average Bonchev–Trinajstić information content (AvgIpc) is 2.47. The number of piperidine rings is 1. The van der Waals surface area contributed by atoms with Gasteiger partial charge in [0.1, 0.15) is 0 Å². The predicted molar refractivity (Wildman–Crippen MR) is 70.3 cm³/mol. The molecular formula is C13H22N2O5. The van der Waals surface area contributed by atoms with Crippen LogP contribution in [0.4, 0.5) is 4.79 Å². The Morgan fingerprint density at radius 2 is 2.10 bits per heavy atom. The van der Waals surface area contributed by atoms with Crippen molar-refractivity contribution in [3.8, 4) is 0 Å². The van der Waals surface area contributed by atoms with Crippen LogP contribution < -0.4 is 0 Å². The van der Waals surface area contributed by atoms with Crippen LogP contribution in [0.1, 0.15) is 19.8 Å². The van der Waals surface area contributed by atoms with Crippen LogP contribution in [-0.2, 0) is 9.53 Å². The Bertz CT molecular complexity index is 376. The molecule has 0 spiro atoms. The highest BCUT2D eigenvalue weighted by Gasteiger charge is 2.35. The van der Waals surface area contributed by atoms with Crippen LogP contribution >= 0.6 is 0 Å². The highest BCUT2D eigenvalue weighted by atomic mass is 16.5. The summed E-state index contributed by atoms with van der Waals surface area (Å²) in [4.78, 5) is 26.9. The molecule has 114 valence electrons. The van der Waals surface area contributed by atoms with Crippen molar-refractivity contribution in [2.45, 2.75) is 31.9 Å². The number of aliphatic carboxylic acids is 1. The molecule has 0 aromatic carbocycles. The Morgan fingerprint density at radius 3 is 2.75 bits per heavy atom. The molecule has 3 atom stereocenters. The maximum atomic E-state index is 12.5. The zero-order valence-corrected chi connectivity index (χ0v) is 11.7. The van der Waals surface area contributed by atoms with E-state index >= 15 is 0 Å². The molecule has 7 heteroatoms. The lowest BCUT2D eigenvalue weighted by Crippen LogP contribution is -2.57. The van der Waals surface area contributed by atoms with Gasteiger partial charge in [-0.15, -0.1) is 0 Å². The van der Waals surface area contributed by atoms with E-state index in [1.54, 1.807) is 9.80 Å². The molecule has 0 aromatic rings. The Kier molecular flexibility index (Phi) is 4.82. The van der Waals surface area contributed by atoms with Gasteiger partial charge in [0.25, 0.3) is 0 Å². The number of carboxylic acids is 1. The monoisotopic (exact) mass is 286 g/mol. The predicted octanol–water partition coefficient (Wildman–Crippen LogP) is -0.0154. The van der Waals surface area contributed by atoms with Gasteiger partial charge in [-0.1, -0.05) is 0 Å². The van der Waals surface area contributed by atoms with Crippen molar-refractivity contribution in [2.24, 2.45) is 5.92 Å². The maximum Gasteiger partial charge on any atom is 0.320 e. The minimum Gasteiger partial charge on any atom is -0.481 e. The highest BCUT2D eigenvalue weighted by Crippen LogP contribution is 2.20. The van der Waals surface area contributed by atoms with E-state index in [4.69, 9.17) is 14.9 Å². The van der Waals surface area contributed by atoms with Gasteiger partial charge in [0.05, 0.1) is 37.8 Å². The Balaban J connectivity index is 2.00. The van der Waals surface area contributed by atoms with Gasteiger partial charge in [0, 0.05) is 13.1 Å². The molecule has 2 amide bonds. The lowest BCUT2D eigenvalue weighted by Gasteiger charge is -2.41. The van der Waals surface area contributed by atoms with Crippen molar-refractivity contribution in [1.29, 1.82) is 0 Å². The number of aliphatic hydroxyl groups is 1. The zero-order valence-electron chi connectivity index (χ0n) is 11.7. The topological polar surface area (TPSA) is 90.3 Å². The molecule has 2 aliphatic heterocycles. The molecular weight excluding hydrogens is 264 g/mol. The van der Waals surface area contributed by atoms with Crippen LogP contribution in [0.5, 0.6) is 0 Å². The average molecular weight is 286 g/mol. The van der Waals surface area contributed by atoms with E-state index in [-0.39, 0.29) is 31.3 Å². The molecule has 0 saturated carbocycles. The summed E-state index contributed by atoms with van der Waals surface area (Å²) < 4.78 is 5.41. The number of carbonyl (C=O) groups excluding carboxylic acids is 1. The van der Waals surface area contributed by atoms with Gasteiger partial charge in [-0.05, 0) is 19.8 Å². The number of hydrogen-bond donors (Lipinski definition) is 2. The second kappa shape index (κ2) is 6.41. The van der Waals surface area contributed by atoms with Crippen LogP contribution in [0.15, 0.2) is 0 Å². The number of ether oxygens (including phenoxy) is 1. The number of hydrogen-bond acceptors (Lipinski definition) is 4. The van der Waals surface area contributed by atoms with E-state index in [1.807, 2.05) is 6.92 Å². The highest BCUT2D eigenvalue weighted by molar-refractivity contribution is 5.77. The summed E-state index contributed by atoms with van der Waals surface area (Å²) >= 11 is 0. The maximum absolute atomic E-state index is 12.5. The SMILES string of the molecule is CC1COC(CO)CN1C(=O)N1CCCC(C(=O)O)C1. The number of rotatable bonds is 2. The van der Waals surface area contributed by atoms with E-state index in [9.17, 15) is 9.59 Å². The molecule has 20 heavy (non-hydrogen) atoms. The quantitative estimate of drug-likeness (QED) is 0.745. The summed E-state index contributed by atoms with van der Waals surface area (Å²) in [5.74, 6) is -1.32. The number of morpholine rings is 1. The van der Waals surface area contributed by atoms with Crippen molar-refractivity contribution in [3.05, 3.63) is 0 Å². The van der Waals surface area contributed by atoms with Gasteiger partial charge in [0.2, 0.25) is 0 Å². The molecule has 2 fully saturated rings. The van der Waals surface area contributed by atoms with E-state index in [1.165, 1.54) is 0 Å². The summed E-state index contributed by atoms with van der Waals surface area (Å²) in [7, 11) is 0. The molecule has 2 saturated heterocycles. The van der Waals surface area contributed by atoms with Crippen molar-refractivity contribution in [2.75, 3.05) is 32.8 Å². The van der Waals surface area contributed by atoms with Crippen LogP contribution in [0, 0.1) is 5.92 Å². The molecule has 3 unspecified atom stereocenters. The lowest BCUT2D eigenvalue weighted by atomic mass is 9.98. The third kappa shape index (κ3) is 3.21. The van der Waals surface area contributed by atoms with Gasteiger partial charge in [-0.3, -0.25) is 4.79 Å². The number of nitrogens with zero attached hydrogens (tertiary/aromatic N) is 2. The second-order valence-electron chi connectivity index (χ2n) is 5.55. The number of urea groups is 1. The van der Waals surface area contributed by atoms with Gasteiger partial charge >= 0.3 is 12.0 Å². The molecule has 2 aliphatic rings. The fraction of sp³-hybridized carbons (Fsp3) is 0.846. The van der Waals surface area contributed by atoms with Crippen LogP contribution in [0.3, 0.4) is 0 Å². The number of carboxylic acid groups (broad SMARTS) is 1. The Labute approximate surface area is 118 Å². The number of carbonyl (C=O) groups is 2. The minimum absolute atomic E-state index is 0.0597. The van der Waals surface area contributed by atoms with E-state index < -0.39 is 11.9 Å². The van der Waals surface area contributed by atoms with Crippen LogP contribution in [0.25, 0.3) is 0 Å². The van der Waals surface area contributed by atoms with Gasteiger partial charge in [-0.2, -0.15) is 0 Å². The van der Waals surface area contributed by atoms with Crippen molar-refractivity contribution < 1.29 is 24.5 Å². The molecule has 2 N–H and O–H groups in total. The van der Waals surface area contributed by atoms with Gasteiger partial charge < -0.3 is 24.7 Å². The summed E-state index contributed by atoms with van der Waals surface area (Å²) in [6.07, 6.45) is 0.984. The first kappa shape index (κ1) is 15.1. The summed E-state index contributed by atoms with van der Waals surface area (Å²) in [5, 5.41) is 18.2. The molecule has 0 bridgehead atoms. The summed E-state index contributed by atoms with van der Waals surface area (Å²) in [6.45, 7) is 3.38.